The molecule has 5 N–H and O–H groups in total. The Morgan fingerprint density at radius 1 is 0.861 bits per heavy atom. The summed E-state index contributed by atoms with van der Waals surface area (Å²) >= 11 is 0. The van der Waals surface area contributed by atoms with Crippen molar-refractivity contribution >= 4 is 17.6 Å². The van der Waals surface area contributed by atoms with Crippen LogP contribution in [0, 0.1) is 0 Å². The first kappa shape index (κ1) is 26.6. The standard InChI is InChI=1S/C29H34N2O5/c1-29(2,3)36-28(35)26(17-9-20-7-14-24(33)15-8-20)31-27(34)22-11-16-25(30)21(18-22)10-4-19-5-12-23(32)13-6-19/h5-8,11-16,18,26,32-33H,4,9-10,17,30H2,1-3H3,(H,31,34)/t26-/m0/s1. The Morgan fingerprint density at radius 2 is 1.42 bits per heavy atom. The average molecular weight is 491 g/mol. The van der Waals surface area contributed by atoms with Crippen molar-refractivity contribution in [2.24, 2.45) is 0 Å². The van der Waals surface area contributed by atoms with Gasteiger partial charge in [-0.05, 0) is 106 Å². The van der Waals surface area contributed by atoms with E-state index in [1.54, 1.807) is 75.4 Å². The largest absolute Gasteiger partial charge is 0.508 e. The Labute approximate surface area is 211 Å². The van der Waals surface area contributed by atoms with Crippen LogP contribution in [0.2, 0.25) is 0 Å². The maximum Gasteiger partial charge on any atom is 0.329 e. The summed E-state index contributed by atoms with van der Waals surface area (Å²) in [6.45, 7) is 5.35. The summed E-state index contributed by atoms with van der Waals surface area (Å²) in [7, 11) is 0. The molecule has 3 rings (SSSR count). The number of carbonyl (C=O) groups excluding carboxylic acids is 2. The molecule has 7 nitrogen and oxygen atoms in total. The van der Waals surface area contributed by atoms with E-state index in [4.69, 9.17) is 10.5 Å². The fourth-order valence-corrected chi connectivity index (χ4v) is 3.74. The molecule has 0 aliphatic carbocycles. The van der Waals surface area contributed by atoms with Gasteiger partial charge in [0.2, 0.25) is 0 Å². The summed E-state index contributed by atoms with van der Waals surface area (Å²) in [5, 5.41) is 21.8. The van der Waals surface area contributed by atoms with Gasteiger partial charge in [-0.2, -0.15) is 0 Å². The maximum absolute atomic E-state index is 13.1. The molecule has 190 valence electrons. The van der Waals surface area contributed by atoms with Gasteiger partial charge >= 0.3 is 5.97 Å². The molecule has 3 aromatic rings. The van der Waals surface area contributed by atoms with Gasteiger partial charge in [0.25, 0.3) is 5.91 Å². The van der Waals surface area contributed by atoms with Crippen molar-refractivity contribution in [3.63, 3.8) is 0 Å². The SMILES string of the molecule is CC(C)(C)OC(=O)[C@H](CCc1ccc(O)cc1)NC(=O)c1ccc(N)c(CCc2ccc(O)cc2)c1. The van der Waals surface area contributed by atoms with E-state index in [0.29, 0.717) is 36.9 Å². The van der Waals surface area contributed by atoms with Gasteiger partial charge in [0.15, 0.2) is 0 Å². The Bertz CT molecular complexity index is 1180. The molecule has 0 saturated carbocycles. The van der Waals surface area contributed by atoms with Crippen LogP contribution in [0.15, 0.2) is 66.7 Å². The van der Waals surface area contributed by atoms with E-state index in [1.165, 1.54) is 0 Å². The number of anilines is 1. The monoisotopic (exact) mass is 490 g/mol. The second-order valence-corrected chi connectivity index (χ2v) is 9.84. The maximum atomic E-state index is 13.1. The van der Waals surface area contributed by atoms with E-state index in [0.717, 1.165) is 16.7 Å². The summed E-state index contributed by atoms with van der Waals surface area (Å²) in [4.78, 5) is 26.0. The lowest BCUT2D eigenvalue weighted by Crippen LogP contribution is -2.44. The summed E-state index contributed by atoms with van der Waals surface area (Å²) in [5.74, 6) is -0.512. The number of esters is 1. The lowest BCUT2D eigenvalue weighted by atomic mass is 10.00. The highest BCUT2D eigenvalue weighted by Gasteiger charge is 2.27. The average Bonchev–Trinajstić information content (AvgIpc) is 2.82. The highest BCUT2D eigenvalue weighted by Crippen LogP contribution is 2.20. The molecule has 1 atom stereocenters. The number of rotatable bonds is 9. The van der Waals surface area contributed by atoms with Gasteiger partial charge in [-0.25, -0.2) is 4.79 Å². The van der Waals surface area contributed by atoms with Crippen molar-refractivity contribution < 1.29 is 24.5 Å². The van der Waals surface area contributed by atoms with Gasteiger partial charge in [0, 0.05) is 11.3 Å². The number of hydrogen-bond acceptors (Lipinski definition) is 6. The molecule has 0 saturated heterocycles. The zero-order chi connectivity index (χ0) is 26.3. The molecule has 0 aliphatic heterocycles. The molecule has 0 radical (unpaired) electrons. The highest BCUT2D eigenvalue weighted by molar-refractivity contribution is 5.97. The van der Waals surface area contributed by atoms with Gasteiger partial charge in [-0.15, -0.1) is 0 Å². The highest BCUT2D eigenvalue weighted by atomic mass is 16.6. The molecule has 36 heavy (non-hydrogen) atoms. The molecule has 0 spiro atoms. The third-order valence-electron chi connectivity index (χ3n) is 5.68. The molecular weight excluding hydrogens is 456 g/mol. The molecular formula is C29H34N2O5. The van der Waals surface area contributed by atoms with Crippen LogP contribution in [0.1, 0.15) is 54.2 Å². The van der Waals surface area contributed by atoms with E-state index in [1.807, 2.05) is 12.1 Å². The van der Waals surface area contributed by atoms with Crippen LogP contribution in [0.4, 0.5) is 5.69 Å². The normalized spacial score (nSPS) is 12.1. The second-order valence-electron chi connectivity index (χ2n) is 9.84. The van der Waals surface area contributed by atoms with E-state index in [2.05, 4.69) is 5.32 Å². The summed E-state index contributed by atoms with van der Waals surface area (Å²) in [6.07, 6.45) is 2.18. The van der Waals surface area contributed by atoms with Crippen LogP contribution in [0.3, 0.4) is 0 Å². The fraction of sp³-hybridized carbons (Fsp3) is 0.310. The number of amides is 1. The van der Waals surface area contributed by atoms with Gasteiger partial charge in [-0.3, -0.25) is 4.79 Å². The number of phenols is 2. The minimum atomic E-state index is -0.844. The Hall–Kier alpha value is -4.00. The predicted octanol–water partition coefficient (Wildman–Crippen LogP) is 4.54. The lowest BCUT2D eigenvalue weighted by molar-refractivity contribution is -0.157. The number of nitrogen functional groups attached to an aromatic ring is 1. The fourth-order valence-electron chi connectivity index (χ4n) is 3.74. The molecule has 3 aromatic carbocycles. The van der Waals surface area contributed by atoms with Gasteiger partial charge in [0.05, 0.1) is 0 Å². The molecule has 0 bridgehead atoms. The van der Waals surface area contributed by atoms with Crippen LogP contribution in [0.5, 0.6) is 11.5 Å². The van der Waals surface area contributed by atoms with Crippen molar-refractivity contribution in [1.82, 2.24) is 5.32 Å². The first-order chi connectivity index (χ1) is 17.0. The van der Waals surface area contributed by atoms with Gasteiger partial charge < -0.3 is 26.0 Å². The molecule has 0 aromatic heterocycles. The van der Waals surface area contributed by atoms with Gasteiger partial charge in [-0.1, -0.05) is 24.3 Å². The number of ether oxygens (including phenoxy) is 1. The Morgan fingerprint density at radius 3 is 1.97 bits per heavy atom. The number of aromatic hydroxyl groups is 2. The number of phenolic OH excluding ortho intramolecular Hbond substituents is 2. The first-order valence-corrected chi connectivity index (χ1v) is 12.0. The van der Waals surface area contributed by atoms with Crippen LogP contribution < -0.4 is 11.1 Å². The van der Waals surface area contributed by atoms with Crippen molar-refractivity contribution in [1.29, 1.82) is 0 Å². The van der Waals surface area contributed by atoms with E-state index in [-0.39, 0.29) is 17.4 Å². The van der Waals surface area contributed by atoms with Crippen molar-refractivity contribution in [3.05, 3.63) is 89.0 Å². The molecule has 7 heteroatoms. The third kappa shape index (κ3) is 8.05. The molecule has 1 amide bonds. The zero-order valence-corrected chi connectivity index (χ0v) is 21.0. The van der Waals surface area contributed by atoms with Crippen LogP contribution >= 0.6 is 0 Å². The number of hydrogen-bond donors (Lipinski definition) is 4. The molecule has 0 heterocycles. The topological polar surface area (TPSA) is 122 Å². The van der Waals surface area contributed by atoms with E-state index < -0.39 is 17.6 Å². The summed E-state index contributed by atoms with van der Waals surface area (Å²) in [5.41, 5.74) is 9.25. The lowest BCUT2D eigenvalue weighted by Gasteiger charge is -2.25. The van der Waals surface area contributed by atoms with E-state index >= 15 is 0 Å². The number of benzene rings is 3. The van der Waals surface area contributed by atoms with Crippen LogP contribution in [-0.2, 0) is 28.8 Å². The zero-order valence-electron chi connectivity index (χ0n) is 21.0. The molecule has 0 unspecified atom stereocenters. The first-order valence-electron chi connectivity index (χ1n) is 12.0. The number of aryl methyl sites for hydroxylation is 3. The van der Waals surface area contributed by atoms with Crippen LogP contribution in [-0.4, -0.2) is 33.7 Å². The quantitative estimate of drug-likeness (QED) is 0.258. The Kier molecular flexibility index (Phi) is 8.59. The minimum absolute atomic E-state index is 0.167. The van der Waals surface area contributed by atoms with E-state index in [9.17, 15) is 19.8 Å². The second kappa shape index (κ2) is 11.6. The number of nitrogens with one attached hydrogen (secondary N) is 1. The smallest absolute Gasteiger partial charge is 0.329 e. The Balaban J connectivity index is 1.72. The van der Waals surface area contributed by atoms with Crippen molar-refractivity contribution in [3.8, 4) is 11.5 Å². The predicted molar refractivity (Wildman–Crippen MR) is 140 cm³/mol. The van der Waals surface area contributed by atoms with Gasteiger partial charge in [0.1, 0.15) is 23.1 Å². The minimum Gasteiger partial charge on any atom is -0.508 e. The summed E-state index contributed by atoms with van der Waals surface area (Å²) < 4.78 is 5.55. The molecule has 0 aliphatic rings. The van der Waals surface area contributed by atoms with Crippen molar-refractivity contribution in [2.75, 3.05) is 5.73 Å². The summed E-state index contributed by atoms with van der Waals surface area (Å²) in [6, 6.07) is 17.9. The number of nitrogens with two attached hydrogens (primary N) is 1. The number of carbonyl (C=O) groups is 2. The van der Waals surface area contributed by atoms with Crippen LogP contribution in [0.25, 0.3) is 0 Å². The third-order valence-corrected chi connectivity index (χ3v) is 5.68. The van der Waals surface area contributed by atoms with Crippen molar-refractivity contribution in [2.45, 2.75) is 58.1 Å². The molecule has 0 fully saturated rings.